The number of rotatable bonds is 7. The van der Waals surface area contributed by atoms with Gasteiger partial charge in [-0.15, -0.1) is 5.10 Å². The number of hydrazone groups is 1. The molecule has 2 aromatic carbocycles. The molecule has 9 nitrogen and oxygen atoms in total. The Hall–Kier alpha value is -3.67. The second-order valence-electron chi connectivity index (χ2n) is 7.18. The average molecular weight is 587 g/mol. The number of aromatic nitrogens is 1. The Morgan fingerprint density at radius 2 is 1.89 bits per heavy atom. The van der Waals surface area contributed by atoms with Gasteiger partial charge in [0.2, 0.25) is 0 Å². The second kappa shape index (κ2) is 11.8. The number of hydrogen-bond acceptors (Lipinski definition) is 7. The van der Waals surface area contributed by atoms with Gasteiger partial charge in [-0.25, -0.2) is 5.43 Å². The number of amides is 3. The number of nitrogens with one attached hydrogen (secondary N) is 3. The zero-order chi connectivity index (χ0) is 25.5. The Labute approximate surface area is 223 Å². The summed E-state index contributed by atoms with van der Waals surface area (Å²) in [6.45, 7) is -0.243. The number of carbonyl (C=O) groups excluding carboxylic acids is 3. The molecule has 1 fully saturated rings. The zero-order valence-corrected chi connectivity index (χ0v) is 21.5. The Morgan fingerprint density at radius 1 is 1.14 bits per heavy atom. The van der Waals surface area contributed by atoms with Crippen molar-refractivity contribution in [3.63, 3.8) is 0 Å². The molecule has 36 heavy (non-hydrogen) atoms. The predicted octanol–water partition coefficient (Wildman–Crippen LogP) is 4.42. The van der Waals surface area contributed by atoms with Gasteiger partial charge < -0.3 is 10.1 Å². The lowest BCUT2D eigenvalue weighted by Gasteiger charge is -2.11. The molecule has 0 radical (unpaired) electrons. The number of amidine groups is 1. The van der Waals surface area contributed by atoms with E-state index in [0.29, 0.717) is 32.5 Å². The van der Waals surface area contributed by atoms with Crippen molar-refractivity contribution < 1.29 is 19.1 Å². The Kier molecular flexibility index (Phi) is 8.36. The number of anilines is 1. The Morgan fingerprint density at radius 3 is 2.64 bits per heavy atom. The molecule has 1 saturated heterocycles. The van der Waals surface area contributed by atoms with Gasteiger partial charge in [0.1, 0.15) is 5.75 Å². The molecule has 0 spiro atoms. The summed E-state index contributed by atoms with van der Waals surface area (Å²) in [6, 6.07) is 15.0. The van der Waals surface area contributed by atoms with E-state index in [1.807, 2.05) is 0 Å². The third-order valence-electron chi connectivity index (χ3n) is 4.60. The van der Waals surface area contributed by atoms with Gasteiger partial charge in [0.25, 0.3) is 17.7 Å². The normalized spacial score (nSPS) is 15.0. The number of ether oxygens (including phenoxy) is 1. The topological polar surface area (TPSA) is 122 Å². The predicted molar refractivity (Wildman–Crippen MR) is 143 cm³/mol. The molecule has 0 bridgehead atoms. The van der Waals surface area contributed by atoms with E-state index in [-0.39, 0.29) is 23.6 Å². The highest BCUT2D eigenvalue weighted by molar-refractivity contribution is 9.10. The summed E-state index contributed by atoms with van der Waals surface area (Å²) >= 11 is 10.3. The van der Waals surface area contributed by atoms with E-state index in [0.717, 1.165) is 16.2 Å². The van der Waals surface area contributed by atoms with Crippen molar-refractivity contribution in [2.24, 2.45) is 5.10 Å². The van der Waals surface area contributed by atoms with Crippen LogP contribution in [0, 0.1) is 0 Å². The largest absolute Gasteiger partial charge is 0.483 e. The Balaban J connectivity index is 1.42. The fourth-order valence-corrected chi connectivity index (χ4v) is 4.21. The van der Waals surface area contributed by atoms with E-state index >= 15 is 0 Å². The molecule has 182 valence electrons. The van der Waals surface area contributed by atoms with Crippen LogP contribution in [0.1, 0.15) is 15.9 Å². The first kappa shape index (κ1) is 25.4. The molecule has 0 atom stereocenters. The van der Waals surface area contributed by atoms with E-state index in [2.05, 4.69) is 42.1 Å². The van der Waals surface area contributed by atoms with Crippen molar-refractivity contribution in [2.75, 3.05) is 11.9 Å². The monoisotopic (exact) mass is 585 g/mol. The number of hydrogen-bond donors (Lipinski definition) is 3. The number of nitrogens with zero attached hydrogens (tertiary/aromatic N) is 2. The van der Waals surface area contributed by atoms with E-state index in [1.165, 1.54) is 12.4 Å². The molecular weight excluding hydrogens is 570 g/mol. The van der Waals surface area contributed by atoms with Crippen LogP contribution in [0.3, 0.4) is 0 Å². The molecule has 1 aromatic heterocycles. The standard InChI is InChI=1S/C24H17BrClN5O4S/c25-16-1-6-19(35-13-21(32)28-18-4-2-17(26)3-5-18)15(11-16)12-20-23(34)29-24(36-20)31-30-22(33)14-7-9-27-10-8-14/h1-12H,13H2,(H,28,32)(H,30,33)(H,29,31,34)/b20-12-. The summed E-state index contributed by atoms with van der Waals surface area (Å²) in [5.41, 5.74) is 3.94. The molecule has 0 saturated carbocycles. The first-order chi connectivity index (χ1) is 17.4. The third-order valence-corrected chi connectivity index (χ3v) is 6.25. The van der Waals surface area contributed by atoms with Gasteiger partial charge in [0.15, 0.2) is 11.8 Å². The average Bonchev–Trinajstić information content (AvgIpc) is 3.23. The highest BCUT2D eigenvalue weighted by atomic mass is 79.9. The van der Waals surface area contributed by atoms with E-state index in [1.54, 1.807) is 60.7 Å². The highest BCUT2D eigenvalue weighted by Crippen LogP contribution is 2.31. The molecule has 12 heteroatoms. The van der Waals surface area contributed by atoms with Crippen LogP contribution in [0.2, 0.25) is 5.02 Å². The summed E-state index contributed by atoms with van der Waals surface area (Å²) in [5.74, 6) is -0.770. The molecule has 4 rings (SSSR count). The second-order valence-corrected chi connectivity index (χ2v) is 9.57. The number of pyridine rings is 1. The van der Waals surface area contributed by atoms with Gasteiger partial charge in [0.05, 0.1) is 4.91 Å². The fourth-order valence-electron chi connectivity index (χ4n) is 2.93. The lowest BCUT2D eigenvalue weighted by Crippen LogP contribution is -2.25. The van der Waals surface area contributed by atoms with Crippen molar-refractivity contribution in [3.05, 3.63) is 92.5 Å². The molecule has 0 aliphatic carbocycles. The van der Waals surface area contributed by atoms with Crippen LogP contribution in [0.15, 0.2) is 81.5 Å². The van der Waals surface area contributed by atoms with E-state index in [4.69, 9.17) is 16.3 Å². The number of carbonyl (C=O) groups is 3. The SMILES string of the molecule is O=C(COc1ccc(Br)cc1/C=C1\SC(=NNC(=O)c2ccncc2)NC1=O)Nc1ccc(Cl)cc1. The maximum absolute atomic E-state index is 12.5. The van der Waals surface area contributed by atoms with Crippen molar-refractivity contribution in [1.82, 2.24) is 15.7 Å². The maximum Gasteiger partial charge on any atom is 0.271 e. The van der Waals surface area contributed by atoms with Gasteiger partial charge >= 0.3 is 0 Å². The minimum atomic E-state index is -0.434. The number of thioether (sulfide) groups is 1. The smallest absolute Gasteiger partial charge is 0.271 e. The molecule has 1 aliphatic heterocycles. The van der Waals surface area contributed by atoms with Crippen LogP contribution in [0.5, 0.6) is 5.75 Å². The summed E-state index contributed by atoms with van der Waals surface area (Å²) in [5, 5.41) is 10.1. The minimum Gasteiger partial charge on any atom is -0.483 e. The molecular formula is C24H17BrClN5O4S. The van der Waals surface area contributed by atoms with Crippen molar-refractivity contribution >= 4 is 73.9 Å². The first-order valence-electron chi connectivity index (χ1n) is 10.3. The molecule has 0 unspecified atom stereocenters. The first-order valence-corrected chi connectivity index (χ1v) is 12.3. The highest BCUT2D eigenvalue weighted by Gasteiger charge is 2.25. The zero-order valence-electron chi connectivity index (χ0n) is 18.3. The summed E-state index contributed by atoms with van der Waals surface area (Å²) < 4.78 is 6.47. The van der Waals surface area contributed by atoms with Gasteiger partial charge in [-0.1, -0.05) is 27.5 Å². The van der Waals surface area contributed by atoms with Crippen molar-refractivity contribution in [2.45, 2.75) is 0 Å². The summed E-state index contributed by atoms with van der Waals surface area (Å²) in [4.78, 5) is 41.1. The van der Waals surface area contributed by atoms with Crippen LogP contribution in [0.4, 0.5) is 5.69 Å². The molecule has 2 heterocycles. The summed E-state index contributed by atoms with van der Waals surface area (Å²) in [7, 11) is 0. The lowest BCUT2D eigenvalue weighted by atomic mass is 10.2. The van der Waals surface area contributed by atoms with Crippen LogP contribution in [-0.2, 0) is 9.59 Å². The number of halogens is 2. The quantitative estimate of drug-likeness (QED) is 0.278. The van der Waals surface area contributed by atoms with Crippen molar-refractivity contribution in [3.8, 4) is 5.75 Å². The van der Waals surface area contributed by atoms with Gasteiger partial charge in [-0.05, 0) is 72.4 Å². The van der Waals surface area contributed by atoms with Crippen LogP contribution in [0.25, 0.3) is 6.08 Å². The maximum atomic E-state index is 12.5. The lowest BCUT2D eigenvalue weighted by molar-refractivity contribution is -0.118. The molecule has 3 amide bonds. The van der Waals surface area contributed by atoms with Gasteiger partial charge in [-0.3, -0.25) is 24.7 Å². The van der Waals surface area contributed by atoms with Gasteiger partial charge in [-0.2, -0.15) is 0 Å². The molecule has 3 N–H and O–H groups in total. The van der Waals surface area contributed by atoms with Crippen LogP contribution >= 0.6 is 39.3 Å². The molecule has 1 aliphatic rings. The third kappa shape index (κ3) is 6.94. The Bertz CT molecular complexity index is 1370. The van der Waals surface area contributed by atoms with Gasteiger partial charge in [0, 0.05) is 38.7 Å². The molecule has 3 aromatic rings. The minimum absolute atomic E-state index is 0.216. The van der Waals surface area contributed by atoms with E-state index in [9.17, 15) is 14.4 Å². The van der Waals surface area contributed by atoms with E-state index < -0.39 is 5.91 Å². The fraction of sp³-hybridized carbons (Fsp3) is 0.0417. The van der Waals surface area contributed by atoms with Crippen molar-refractivity contribution in [1.29, 1.82) is 0 Å². The van der Waals surface area contributed by atoms with Crippen LogP contribution in [-0.4, -0.2) is 34.5 Å². The van der Waals surface area contributed by atoms with Crippen LogP contribution < -0.4 is 20.8 Å². The summed E-state index contributed by atoms with van der Waals surface area (Å²) in [6.07, 6.45) is 4.60. The number of benzene rings is 2.